The lowest BCUT2D eigenvalue weighted by Gasteiger charge is -2.15. The minimum atomic E-state index is -3.68. The zero-order valence-electron chi connectivity index (χ0n) is 16.8. The average Bonchev–Trinajstić information content (AvgIpc) is 3.38. The van der Waals surface area contributed by atoms with E-state index in [0.29, 0.717) is 13.1 Å². The molecular weight excluding hydrogens is 427 g/mol. The van der Waals surface area contributed by atoms with Crippen LogP contribution in [-0.2, 0) is 16.6 Å². The summed E-state index contributed by atoms with van der Waals surface area (Å²) in [5.74, 6) is -1.74. The van der Waals surface area contributed by atoms with Gasteiger partial charge in [-0.15, -0.1) is 0 Å². The van der Waals surface area contributed by atoms with Crippen LogP contribution in [0.25, 0.3) is 11.1 Å². The van der Waals surface area contributed by atoms with E-state index < -0.39 is 33.9 Å². The van der Waals surface area contributed by atoms with Gasteiger partial charge < -0.3 is 9.15 Å². The Kier molecular flexibility index (Phi) is 5.67. The number of ether oxygens (including phenoxy) is 1. The van der Waals surface area contributed by atoms with Crippen LogP contribution in [0.5, 0.6) is 5.75 Å². The van der Waals surface area contributed by atoms with E-state index in [0.717, 1.165) is 23.5 Å². The lowest BCUT2D eigenvalue weighted by molar-refractivity contribution is 0.0966. The normalized spacial score (nSPS) is 14.9. The van der Waals surface area contributed by atoms with Crippen molar-refractivity contribution in [1.82, 2.24) is 8.87 Å². The van der Waals surface area contributed by atoms with Gasteiger partial charge in [-0.2, -0.15) is 4.31 Å². The number of aromatic nitrogens is 1. The quantitative estimate of drug-likeness (QED) is 0.516. The molecule has 2 heterocycles. The minimum absolute atomic E-state index is 0.0105. The van der Waals surface area contributed by atoms with Gasteiger partial charge in [0, 0.05) is 19.2 Å². The van der Waals surface area contributed by atoms with Crippen molar-refractivity contribution in [2.24, 2.45) is 0 Å². The number of nitrogens with zero attached hydrogens (tertiary/aromatic N) is 2. The van der Waals surface area contributed by atoms with E-state index in [1.54, 1.807) is 6.92 Å². The molecule has 1 aromatic heterocycles. The fourth-order valence-corrected chi connectivity index (χ4v) is 5.20. The molecule has 4 rings (SSSR count). The lowest BCUT2D eigenvalue weighted by atomic mass is 10.1. The van der Waals surface area contributed by atoms with Crippen LogP contribution in [0.4, 0.5) is 4.39 Å². The first-order valence-corrected chi connectivity index (χ1v) is 11.3. The van der Waals surface area contributed by atoms with Gasteiger partial charge in [0.1, 0.15) is 11.6 Å². The van der Waals surface area contributed by atoms with E-state index in [-0.39, 0.29) is 33.9 Å². The molecule has 0 unspecified atom stereocenters. The van der Waals surface area contributed by atoms with Crippen LogP contribution in [0.3, 0.4) is 0 Å². The number of carbonyl (C=O) groups is 1. The van der Waals surface area contributed by atoms with E-state index in [1.807, 2.05) is 0 Å². The summed E-state index contributed by atoms with van der Waals surface area (Å²) in [7, 11) is -3.68. The number of rotatable bonds is 7. The first kappa shape index (κ1) is 21.3. The molecule has 1 aliphatic heterocycles. The average molecular weight is 448 g/mol. The number of carbonyl (C=O) groups excluding carboxylic acids is 1. The largest absolute Gasteiger partial charge is 0.493 e. The lowest BCUT2D eigenvalue weighted by Crippen LogP contribution is -2.27. The Morgan fingerprint density at radius 3 is 2.61 bits per heavy atom. The van der Waals surface area contributed by atoms with E-state index in [4.69, 9.17) is 9.15 Å². The molecule has 0 amide bonds. The van der Waals surface area contributed by atoms with E-state index in [9.17, 15) is 22.4 Å². The third-order valence-electron chi connectivity index (χ3n) is 5.19. The molecule has 0 radical (unpaired) electrons. The van der Waals surface area contributed by atoms with Gasteiger partial charge in [-0.25, -0.2) is 17.6 Å². The Balaban J connectivity index is 1.68. The van der Waals surface area contributed by atoms with Gasteiger partial charge in [-0.3, -0.25) is 9.36 Å². The molecule has 1 saturated heterocycles. The summed E-state index contributed by atoms with van der Waals surface area (Å²) in [6, 6.07) is 7.72. The molecule has 0 atom stereocenters. The maximum atomic E-state index is 13.7. The van der Waals surface area contributed by atoms with Gasteiger partial charge in [0.2, 0.25) is 10.0 Å². The SMILES string of the molecule is CCOc1ccc(F)cc1C(=O)Cn1c(=O)oc2cc(S(=O)(=O)N3CCCC3)ccc21. The molecule has 2 aromatic carbocycles. The first-order valence-electron chi connectivity index (χ1n) is 9.90. The number of halogens is 1. The smallest absolute Gasteiger partial charge is 0.420 e. The highest BCUT2D eigenvalue weighted by Gasteiger charge is 2.28. The second-order valence-corrected chi connectivity index (χ2v) is 9.13. The molecule has 0 spiro atoms. The molecular formula is C21H21FN2O6S. The number of fused-ring (bicyclic) bond motifs is 1. The molecule has 31 heavy (non-hydrogen) atoms. The number of ketones is 1. The summed E-state index contributed by atoms with van der Waals surface area (Å²) < 4.78 is 52.3. The van der Waals surface area contributed by atoms with Crippen LogP contribution < -0.4 is 10.5 Å². The highest BCUT2D eigenvalue weighted by molar-refractivity contribution is 7.89. The van der Waals surface area contributed by atoms with Crippen molar-refractivity contribution in [2.75, 3.05) is 19.7 Å². The summed E-state index contributed by atoms with van der Waals surface area (Å²) in [6.07, 6.45) is 1.61. The Labute approximate surface area is 177 Å². The van der Waals surface area contributed by atoms with Gasteiger partial charge in [0.25, 0.3) is 0 Å². The number of hydrogen-bond donors (Lipinski definition) is 0. The second kappa shape index (κ2) is 8.27. The van der Waals surface area contributed by atoms with E-state index >= 15 is 0 Å². The van der Waals surface area contributed by atoms with Gasteiger partial charge in [0.15, 0.2) is 11.4 Å². The minimum Gasteiger partial charge on any atom is -0.493 e. The molecule has 1 aliphatic rings. The third kappa shape index (κ3) is 4.00. The van der Waals surface area contributed by atoms with Crippen LogP contribution >= 0.6 is 0 Å². The molecule has 164 valence electrons. The number of Topliss-reactive ketones (excluding diaryl/α,β-unsaturated/α-hetero) is 1. The fourth-order valence-electron chi connectivity index (χ4n) is 3.66. The molecule has 0 aliphatic carbocycles. The maximum Gasteiger partial charge on any atom is 0.420 e. The highest BCUT2D eigenvalue weighted by atomic mass is 32.2. The van der Waals surface area contributed by atoms with Gasteiger partial charge >= 0.3 is 5.76 Å². The van der Waals surface area contributed by atoms with Gasteiger partial charge in [-0.05, 0) is 50.1 Å². The Morgan fingerprint density at radius 2 is 1.90 bits per heavy atom. The van der Waals surface area contributed by atoms with Crippen molar-refractivity contribution in [3.05, 3.63) is 58.3 Å². The zero-order chi connectivity index (χ0) is 22.2. The van der Waals surface area contributed by atoms with Crippen LogP contribution in [0, 0.1) is 5.82 Å². The second-order valence-electron chi connectivity index (χ2n) is 7.19. The zero-order valence-corrected chi connectivity index (χ0v) is 17.7. The molecule has 0 saturated carbocycles. The van der Waals surface area contributed by atoms with Crippen molar-refractivity contribution in [1.29, 1.82) is 0 Å². The van der Waals surface area contributed by atoms with Crippen LogP contribution in [0.1, 0.15) is 30.1 Å². The topological polar surface area (TPSA) is 98.8 Å². The van der Waals surface area contributed by atoms with E-state index in [2.05, 4.69) is 0 Å². The summed E-state index contributed by atoms with van der Waals surface area (Å²) >= 11 is 0. The summed E-state index contributed by atoms with van der Waals surface area (Å²) in [6.45, 7) is 2.52. The van der Waals surface area contributed by atoms with Crippen molar-refractivity contribution in [3.8, 4) is 5.75 Å². The third-order valence-corrected chi connectivity index (χ3v) is 7.08. The van der Waals surface area contributed by atoms with Crippen molar-refractivity contribution in [3.63, 3.8) is 0 Å². The standard InChI is InChI=1S/C21H21FN2O6S/c1-2-29-19-8-5-14(22)11-16(19)18(25)13-24-17-7-6-15(12-20(17)30-21(24)26)31(27,28)23-9-3-4-10-23/h5-8,11-12H,2-4,9-10,13H2,1H3. The Bertz CT molecular complexity index is 1310. The predicted molar refractivity (Wildman–Crippen MR) is 110 cm³/mol. The number of benzene rings is 2. The summed E-state index contributed by atoms with van der Waals surface area (Å²) in [5.41, 5.74) is 0.340. The monoisotopic (exact) mass is 448 g/mol. The predicted octanol–water partition coefficient (Wildman–Crippen LogP) is 2.80. The van der Waals surface area contributed by atoms with Crippen LogP contribution in [0.15, 0.2) is 50.5 Å². The van der Waals surface area contributed by atoms with Crippen molar-refractivity contribution in [2.45, 2.75) is 31.2 Å². The first-order chi connectivity index (χ1) is 14.8. The molecule has 0 N–H and O–H groups in total. The van der Waals surface area contributed by atoms with E-state index in [1.165, 1.54) is 34.6 Å². The Hall–Kier alpha value is -2.98. The van der Waals surface area contributed by atoms with Gasteiger partial charge in [-0.1, -0.05) is 0 Å². The highest BCUT2D eigenvalue weighted by Crippen LogP contribution is 2.25. The fraction of sp³-hybridized carbons (Fsp3) is 0.333. The molecule has 3 aromatic rings. The Morgan fingerprint density at radius 1 is 1.16 bits per heavy atom. The molecule has 10 heteroatoms. The summed E-state index contributed by atoms with van der Waals surface area (Å²) in [5, 5.41) is 0. The molecule has 8 nitrogen and oxygen atoms in total. The maximum absolute atomic E-state index is 13.7. The van der Waals surface area contributed by atoms with Gasteiger partial charge in [0.05, 0.1) is 29.1 Å². The molecule has 0 bridgehead atoms. The summed E-state index contributed by atoms with van der Waals surface area (Å²) in [4.78, 5) is 25.2. The van der Waals surface area contributed by atoms with Crippen molar-refractivity contribution < 1.29 is 26.8 Å². The van der Waals surface area contributed by atoms with Crippen LogP contribution in [-0.4, -0.2) is 42.8 Å². The number of sulfonamides is 1. The number of oxazole rings is 1. The number of hydrogen-bond acceptors (Lipinski definition) is 6. The molecule has 1 fully saturated rings. The van der Waals surface area contributed by atoms with Crippen LogP contribution in [0.2, 0.25) is 0 Å². The van der Waals surface area contributed by atoms with Crippen molar-refractivity contribution >= 4 is 26.9 Å².